The van der Waals surface area contributed by atoms with Crippen molar-refractivity contribution in [3.63, 3.8) is 0 Å². The summed E-state index contributed by atoms with van der Waals surface area (Å²) in [7, 11) is 0. The Hall–Kier alpha value is -0.510. The zero-order chi connectivity index (χ0) is 12.7. The average Bonchev–Trinajstić information content (AvgIpc) is 2.20. The fourth-order valence-corrected chi connectivity index (χ4v) is 1.39. The predicted octanol–water partition coefficient (Wildman–Crippen LogP) is 4.22. The summed E-state index contributed by atoms with van der Waals surface area (Å²) < 4.78 is 38.0. The molecule has 0 fully saturated rings. The molecule has 0 amide bonds. The highest BCUT2D eigenvalue weighted by Crippen LogP contribution is 2.37. The van der Waals surface area contributed by atoms with Gasteiger partial charge in [-0.3, -0.25) is 0 Å². The second-order valence-electron chi connectivity index (χ2n) is 4.10. The Morgan fingerprint density at radius 2 is 1.69 bits per heavy atom. The highest BCUT2D eigenvalue weighted by molar-refractivity contribution is 4.95. The van der Waals surface area contributed by atoms with Crippen LogP contribution in [0.2, 0.25) is 0 Å². The van der Waals surface area contributed by atoms with E-state index in [-0.39, 0.29) is 12.8 Å². The van der Waals surface area contributed by atoms with Crippen molar-refractivity contribution in [2.24, 2.45) is 0 Å². The SMILES string of the molecule is CCC/C=C/CC(O)(CCCC)C(F)(F)F. The van der Waals surface area contributed by atoms with Crippen molar-refractivity contribution in [1.29, 1.82) is 0 Å². The van der Waals surface area contributed by atoms with Gasteiger partial charge in [0.2, 0.25) is 0 Å². The third-order valence-electron chi connectivity index (χ3n) is 2.55. The Kier molecular flexibility index (Phi) is 6.72. The minimum Gasteiger partial charge on any atom is -0.380 e. The number of hydrogen-bond donors (Lipinski definition) is 1. The molecule has 96 valence electrons. The van der Waals surface area contributed by atoms with E-state index >= 15 is 0 Å². The number of halogens is 3. The molecule has 0 aliphatic carbocycles. The van der Waals surface area contributed by atoms with Gasteiger partial charge in [0.1, 0.15) is 0 Å². The summed E-state index contributed by atoms with van der Waals surface area (Å²) in [6.07, 6.45) is 0.723. The van der Waals surface area contributed by atoms with Crippen molar-refractivity contribution in [3.8, 4) is 0 Å². The second kappa shape index (κ2) is 6.94. The van der Waals surface area contributed by atoms with Gasteiger partial charge in [-0.25, -0.2) is 0 Å². The molecule has 0 aromatic heterocycles. The fourth-order valence-electron chi connectivity index (χ4n) is 1.39. The molecule has 0 rings (SSSR count). The number of alkyl halides is 3. The van der Waals surface area contributed by atoms with E-state index in [1.54, 1.807) is 6.08 Å². The highest BCUT2D eigenvalue weighted by atomic mass is 19.4. The molecular formula is C12H21F3O. The van der Waals surface area contributed by atoms with Gasteiger partial charge in [-0.05, 0) is 12.8 Å². The summed E-state index contributed by atoms with van der Waals surface area (Å²) in [6, 6.07) is 0. The summed E-state index contributed by atoms with van der Waals surface area (Å²) in [5, 5.41) is 9.60. The molecule has 4 heteroatoms. The van der Waals surface area contributed by atoms with Gasteiger partial charge in [-0.2, -0.15) is 13.2 Å². The Morgan fingerprint density at radius 3 is 2.12 bits per heavy atom. The first-order valence-corrected chi connectivity index (χ1v) is 5.81. The standard InChI is InChI=1S/C12H21F3O/c1-3-5-7-8-10-11(16,9-6-4-2)12(13,14)15/h7-8,16H,3-6,9-10H2,1-2H3/b8-7+. The molecule has 1 N–H and O–H groups in total. The van der Waals surface area contributed by atoms with Crippen LogP contribution in [-0.4, -0.2) is 16.9 Å². The van der Waals surface area contributed by atoms with Crippen LogP contribution in [0, 0.1) is 0 Å². The molecular weight excluding hydrogens is 217 g/mol. The normalized spacial score (nSPS) is 16.6. The van der Waals surface area contributed by atoms with Gasteiger partial charge in [-0.15, -0.1) is 0 Å². The van der Waals surface area contributed by atoms with Crippen molar-refractivity contribution in [2.75, 3.05) is 0 Å². The highest BCUT2D eigenvalue weighted by Gasteiger charge is 2.51. The number of unbranched alkanes of at least 4 members (excludes halogenated alkanes) is 2. The molecule has 0 bridgehead atoms. The van der Waals surface area contributed by atoms with Gasteiger partial charge in [0.25, 0.3) is 0 Å². The molecule has 0 saturated carbocycles. The molecule has 0 saturated heterocycles. The fraction of sp³-hybridized carbons (Fsp3) is 0.833. The molecule has 0 spiro atoms. The van der Waals surface area contributed by atoms with Gasteiger partial charge in [-0.1, -0.05) is 45.3 Å². The van der Waals surface area contributed by atoms with E-state index < -0.39 is 11.8 Å². The van der Waals surface area contributed by atoms with Crippen LogP contribution in [0.25, 0.3) is 0 Å². The van der Waals surface area contributed by atoms with Gasteiger partial charge in [0.05, 0.1) is 0 Å². The minimum atomic E-state index is -4.54. The summed E-state index contributed by atoms with van der Waals surface area (Å²) >= 11 is 0. The van der Waals surface area contributed by atoms with Crippen LogP contribution in [0.5, 0.6) is 0 Å². The van der Waals surface area contributed by atoms with Crippen LogP contribution in [-0.2, 0) is 0 Å². The molecule has 0 radical (unpaired) electrons. The Balaban J connectivity index is 4.42. The molecule has 0 aliphatic rings. The number of hydrogen-bond acceptors (Lipinski definition) is 1. The van der Waals surface area contributed by atoms with Crippen molar-refractivity contribution < 1.29 is 18.3 Å². The van der Waals surface area contributed by atoms with E-state index in [1.165, 1.54) is 6.08 Å². The van der Waals surface area contributed by atoms with Crippen LogP contribution in [0.3, 0.4) is 0 Å². The number of allylic oxidation sites excluding steroid dienone is 1. The van der Waals surface area contributed by atoms with E-state index in [2.05, 4.69) is 0 Å². The lowest BCUT2D eigenvalue weighted by molar-refractivity contribution is -0.261. The van der Waals surface area contributed by atoms with Crippen molar-refractivity contribution in [3.05, 3.63) is 12.2 Å². The van der Waals surface area contributed by atoms with Crippen LogP contribution in [0.4, 0.5) is 13.2 Å². The molecule has 0 aromatic rings. The van der Waals surface area contributed by atoms with E-state index in [0.29, 0.717) is 12.8 Å². The van der Waals surface area contributed by atoms with Crippen molar-refractivity contribution in [1.82, 2.24) is 0 Å². The van der Waals surface area contributed by atoms with E-state index in [9.17, 15) is 18.3 Å². The Bertz CT molecular complexity index is 211. The zero-order valence-corrected chi connectivity index (χ0v) is 9.98. The lowest BCUT2D eigenvalue weighted by Gasteiger charge is -2.29. The van der Waals surface area contributed by atoms with E-state index in [4.69, 9.17) is 0 Å². The third kappa shape index (κ3) is 5.01. The molecule has 1 atom stereocenters. The first kappa shape index (κ1) is 15.5. The van der Waals surface area contributed by atoms with E-state index in [0.717, 1.165) is 12.8 Å². The molecule has 1 nitrogen and oxygen atoms in total. The topological polar surface area (TPSA) is 20.2 Å². The Morgan fingerprint density at radius 1 is 1.06 bits per heavy atom. The van der Waals surface area contributed by atoms with Crippen LogP contribution >= 0.6 is 0 Å². The maximum Gasteiger partial charge on any atom is 0.417 e. The van der Waals surface area contributed by atoms with Crippen LogP contribution < -0.4 is 0 Å². The van der Waals surface area contributed by atoms with Crippen molar-refractivity contribution >= 4 is 0 Å². The van der Waals surface area contributed by atoms with Crippen LogP contribution in [0.15, 0.2) is 12.2 Å². The zero-order valence-electron chi connectivity index (χ0n) is 9.98. The minimum absolute atomic E-state index is 0.219. The number of rotatable bonds is 7. The van der Waals surface area contributed by atoms with E-state index in [1.807, 2.05) is 13.8 Å². The first-order valence-electron chi connectivity index (χ1n) is 5.81. The van der Waals surface area contributed by atoms with Crippen LogP contribution in [0.1, 0.15) is 52.4 Å². The average molecular weight is 238 g/mol. The maximum absolute atomic E-state index is 12.7. The van der Waals surface area contributed by atoms with Crippen molar-refractivity contribution in [2.45, 2.75) is 64.1 Å². The van der Waals surface area contributed by atoms with Gasteiger partial charge < -0.3 is 5.11 Å². The predicted molar refractivity (Wildman–Crippen MR) is 59.2 cm³/mol. The molecule has 0 heterocycles. The maximum atomic E-state index is 12.7. The largest absolute Gasteiger partial charge is 0.417 e. The van der Waals surface area contributed by atoms with Gasteiger partial charge in [0.15, 0.2) is 5.60 Å². The first-order chi connectivity index (χ1) is 7.37. The second-order valence-corrected chi connectivity index (χ2v) is 4.10. The summed E-state index contributed by atoms with van der Waals surface area (Å²) in [6.45, 7) is 3.76. The number of aliphatic hydroxyl groups is 1. The van der Waals surface area contributed by atoms with Gasteiger partial charge in [0, 0.05) is 6.42 Å². The molecule has 0 aliphatic heterocycles. The monoisotopic (exact) mass is 238 g/mol. The van der Waals surface area contributed by atoms with Gasteiger partial charge >= 0.3 is 6.18 Å². The molecule has 0 aromatic carbocycles. The summed E-state index contributed by atoms with van der Waals surface area (Å²) in [4.78, 5) is 0. The Labute approximate surface area is 95.4 Å². The molecule has 1 unspecified atom stereocenters. The summed E-state index contributed by atoms with van der Waals surface area (Å²) in [5.41, 5.74) is -2.55. The smallest absolute Gasteiger partial charge is 0.380 e. The lowest BCUT2D eigenvalue weighted by Crippen LogP contribution is -2.44. The quantitative estimate of drug-likeness (QED) is 0.658. The lowest BCUT2D eigenvalue weighted by atomic mass is 9.92. The third-order valence-corrected chi connectivity index (χ3v) is 2.55. The molecule has 16 heavy (non-hydrogen) atoms. The summed E-state index contributed by atoms with van der Waals surface area (Å²) in [5.74, 6) is 0.